The van der Waals surface area contributed by atoms with E-state index in [2.05, 4.69) is 0 Å². The van der Waals surface area contributed by atoms with Crippen molar-refractivity contribution in [2.24, 2.45) is 0 Å². The number of benzene rings is 1. The lowest BCUT2D eigenvalue weighted by atomic mass is 10.1. The molecule has 0 aromatic heterocycles. The van der Waals surface area contributed by atoms with Gasteiger partial charge in [-0.2, -0.15) is 0 Å². The lowest BCUT2D eigenvalue weighted by molar-refractivity contribution is -0.0503. The zero-order chi connectivity index (χ0) is 13.8. The molecule has 0 bridgehead atoms. The SMILES string of the molecule is CC(C)Oc1ccccc1C(O)COC(C)(C)C. The summed E-state index contributed by atoms with van der Waals surface area (Å²) in [5.74, 6) is 0.720. The Morgan fingerprint density at radius 2 is 1.78 bits per heavy atom. The van der Waals surface area contributed by atoms with E-state index in [0.717, 1.165) is 11.3 Å². The number of rotatable bonds is 5. The van der Waals surface area contributed by atoms with Crippen LogP contribution in [0.25, 0.3) is 0 Å². The minimum Gasteiger partial charge on any atom is -0.491 e. The average Bonchev–Trinajstić information content (AvgIpc) is 2.25. The summed E-state index contributed by atoms with van der Waals surface area (Å²) in [6.45, 7) is 10.1. The number of aliphatic hydroxyl groups excluding tert-OH is 1. The van der Waals surface area contributed by atoms with Gasteiger partial charge in [0, 0.05) is 5.56 Å². The molecule has 0 fully saturated rings. The topological polar surface area (TPSA) is 38.7 Å². The first-order chi connectivity index (χ1) is 8.29. The molecule has 1 rings (SSSR count). The molecule has 102 valence electrons. The molecule has 0 saturated heterocycles. The Morgan fingerprint density at radius 1 is 1.17 bits per heavy atom. The van der Waals surface area contributed by atoms with Crippen LogP contribution in [0.2, 0.25) is 0 Å². The molecular weight excluding hydrogens is 228 g/mol. The molecule has 0 aliphatic carbocycles. The fourth-order valence-electron chi connectivity index (χ4n) is 1.54. The maximum Gasteiger partial charge on any atom is 0.125 e. The molecule has 0 heterocycles. The summed E-state index contributed by atoms with van der Waals surface area (Å²) in [6, 6.07) is 7.53. The molecule has 18 heavy (non-hydrogen) atoms. The van der Waals surface area contributed by atoms with Gasteiger partial charge in [-0.05, 0) is 40.7 Å². The summed E-state index contributed by atoms with van der Waals surface area (Å²) < 4.78 is 11.3. The summed E-state index contributed by atoms with van der Waals surface area (Å²) in [6.07, 6.45) is -0.582. The lowest BCUT2D eigenvalue weighted by Crippen LogP contribution is -2.23. The minimum absolute atomic E-state index is 0.0851. The molecule has 0 aliphatic rings. The van der Waals surface area contributed by atoms with E-state index in [1.807, 2.05) is 58.9 Å². The van der Waals surface area contributed by atoms with Gasteiger partial charge in [0.05, 0.1) is 18.3 Å². The average molecular weight is 252 g/mol. The quantitative estimate of drug-likeness (QED) is 0.873. The standard InChI is InChI=1S/C15H24O3/c1-11(2)18-14-9-7-6-8-12(14)13(16)10-17-15(3,4)5/h6-9,11,13,16H,10H2,1-5H3. The molecule has 0 aliphatic heterocycles. The van der Waals surface area contributed by atoms with Gasteiger partial charge in [-0.25, -0.2) is 0 Å². The van der Waals surface area contributed by atoms with Crippen molar-refractivity contribution >= 4 is 0 Å². The van der Waals surface area contributed by atoms with Crippen LogP contribution in [0, 0.1) is 0 Å². The second-order valence-electron chi connectivity index (χ2n) is 5.64. The third kappa shape index (κ3) is 5.07. The van der Waals surface area contributed by atoms with Gasteiger partial charge < -0.3 is 14.6 Å². The molecule has 0 spiro atoms. The molecule has 1 aromatic carbocycles. The normalized spacial score (nSPS) is 13.7. The summed E-state index contributed by atoms with van der Waals surface area (Å²) in [5.41, 5.74) is 0.518. The summed E-state index contributed by atoms with van der Waals surface area (Å²) >= 11 is 0. The van der Waals surface area contributed by atoms with Gasteiger partial charge in [-0.15, -0.1) is 0 Å². The molecule has 0 amide bonds. The van der Waals surface area contributed by atoms with Gasteiger partial charge in [-0.3, -0.25) is 0 Å². The molecule has 1 unspecified atom stereocenters. The number of ether oxygens (including phenoxy) is 2. The van der Waals surface area contributed by atoms with Crippen LogP contribution in [-0.2, 0) is 4.74 Å². The van der Waals surface area contributed by atoms with E-state index in [1.54, 1.807) is 0 Å². The maximum atomic E-state index is 10.2. The zero-order valence-electron chi connectivity index (χ0n) is 11.9. The molecule has 1 atom stereocenters. The number of para-hydroxylation sites is 1. The van der Waals surface area contributed by atoms with Crippen molar-refractivity contribution in [3.8, 4) is 5.75 Å². The molecular formula is C15H24O3. The fourth-order valence-corrected chi connectivity index (χ4v) is 1.54. The van der Waals surface area contributed by atoms with Gasteiger partial charge in [-0.1, -0.05) is 18.2 Å². The van der Waals surface area contributed by atoms with Crippen LogP contribution in [-0.4, -0.2) is 23.4 Å². The van der Waals surface area contributed by atoms with Crippen LogP contribution in [0.3, 0.4) is 0 Å². The van der Waals surface area contributed by atoms with E-state index in [-0.39, 0.29) is 18.3 Å². The highest BCUT2D eigenvalue weighted by atomic mass is 16.5. The van der Waals surface area contributed by atoms with Gasteiger partial charge in [0.15, 0.2) is 0 Å². The number of hydrogen-bond acceptors (Lipinski definition) is 3. The summed E-state index contributed by atoms with van der Waals surface area (Å²) in [4.78, 5) is 0. The Balaban J connectivity index is 2.75. The molecule has 1 N–H and O–H groups in total. The smallest absolute Gasteiger partial charge is 0.125 e. The van der Waals surface area contributed by atoms with Crippen molar-refractivity contribution in [1.82, 2.24) is 0 Å². The number of hydrogen-bond donors (Lipinski definition) is 1. The Kier molecular flexibility index (Phi) is 5.17. The molecule has 0 radical (unpaired) electrons. The van der Waals surface area contributed by atoms with Crippen LogP contribution in [0.5, 0.6) is 5.75 Å². The molecule has 0 saturated carbocycles. The maximum absolute atomic E-state index is 10.2. The van der Waals surface area contributed by atoms with Crippen LogP contribution in [0.4, 0.5) is 0 Å². The van der Waals surface area contributed by atoms with Gasteiger partial charge in [0.25, 0.3) is 0 Å². The monoisotopic (exact) mass is 252 g/mol. The summed E-state index contributed by atoms with van der Waals surface area (Å²) in [7, 11) is 0. The van der Waals surface area contributed by atoms with E-state index >= 15 is 0 Å². The molecule has 1 aromatic rings. The van der Waals surface area contributed by atoms with Crippen LogP contribution < -0.4 is 4.74 Å². The summed E-state index contributed by atoms with van der Waals surface area (Å²) in [5, 5.41) is 10.2. The van der Waals surface area contributed by atoms with Crippen LogP contribution in [0.1, 0.15) is 46.3 Å². The predicted molar refractivity (Wildman–Crippen MR) is 72.9 cm³/mol. The highest BCUT2D eigenvalue weighted by molar-refractivity contribution is 5.35. The molecule has 3 nitrogen and oxygen atoms in total. The van der Waals surface area contributed by atoms with Crippen LogP contribution in [0.15, 0.2) is 24.3 Å². The second-order valence-corrected chi connectivity index (χ2v) is 5.64. The second kappa shape index (κ2) is 6.21. The fraction of sp³-hybridized carbons (Fsp3) is 0.600. The van der Waals surface area contributed by atoms with Crippen molar-refractivity contribution in [2.75, 3.05) is 6.61 Å². The van der Waals surface area contributed by atoms with Crippen molar-refractivity contribution in [3.05, 3.63) is 29.8 Å². The van der Waals surface area contributed by atoms with E-state index < -0.39 is 6.10 Å². The van der Waals surface area contributed by atoms with Crippen molar-refractivity contribution in [3.63, 3.8) is 0 Å². The van der Waals surface area contributed by atoms with E-state index in [4.69, 9.17) is 9.47 Å². The Bertz CT molecular complexity index is 366. The Morgan fingerprint density at radius 3 is 2.33 bits per heavy atom. The largest absolute Gasteiger partial charge is 0.491 e. The van der Waals surface area contributed by atoms with E-state index in [1.165, 1.54) is 0 Å². The highest BCUT2D eigenvalue weighted by Gasteiger charge is 2.18. The first-order valence-corrected chi connectivity index (χ1v) is 6.37. The third-order valence-electron chi connectivity index (χ3n) is 2.31. The lowest BCUT2D eigenvalue weighted by Gasteiger charge is -2.23. The number of aliphatic hydroxyl groups is 1. The Hall–Kier alpha value is -1.06. The van der Waals surface area contributed by atoms with Crippen molar-refractivity contribution in [2.45, 2.75) is 52.4 Å². The van der Waals surface area contributed by atoms with Gasteiger partial charge >= 0.3 is 0 Å². The minimum atomic E-state index is -0.667. The van der Waals surface area contributed by atoms with Gasteiger partial charge in [0.1, 0.15) is 11.9 Å². The first-order valence-electron chi connectivity index (χ1n) is 6.37. The first kappa shape index (κ1) is 15.0. The van der Waals surface area contributed by atoms with E-state index in [9.17, 15) is 5.11 Å². The van der Waals surface area contributed by atoms with Crippen LogP contribution >= 0.6 is 0 Å². The zero-order valence-corrected chi connectivity index (χ0v) is 11.9. The van der Waals surface area contributed by atoms with E-state index in [0.29, 0.717) is 0 Å². The highest BCUT2D eigenvalue weighted by Crippen LogP contribution is 2.27. The van der Waals surface area contributed by atoms with Crippen molar-refractivity contribution in [1.29, 1.82) is 0 Å². The molecule has 3 heteroatoms. The van der Waals surface area contributed by atoms with Crippen molar-refractivity contribution < 1.29 is 14.6 Å². The van der Waals surface area contributed by atoms with Gasteiger partial charge in [0.2, 0.25) is 0 Å². The third-order valence-corrected chi connectivity index (χ3v) is 2.31. The Labute approximate surface area is 110 Å². The predicted octanol–water partition coefficient (Wildman–Crippen LogP) is 3.32.